The largest absolute Gasteiger partial charge is 0.341 e. The molecule has 0 aliphatic carbocycles. The van der Waals surface area contributed by atoms with E-state index in [0.29, 0.717) is 31.5 Å². The summed E-state index contributed by atoms with van der Waals surface area (Å²) in [7, 11) is 0. The number of nitrogens with one attached hydrogen (secondary N) is 2. The molecule has 1 saturated heterocycles. The van der Waals surface area contributed by atoms with Crippen molar-refractivity contribution in [2.24, 2.45) is 5.92 Å². The van der Waals surface area contributed by atoms with Crippen molar-refractivity contribution in [2.45, 2.75) is 31.7 Å². The van der Waals surface area contributed by atoms with Gasteiger partial charge in [0, 0.05) is 25.6 Å². The van der Waals surface area contributed by atoms with Crippen LogP contribution >= 0.6 is 0 Å². The van der Waals surface area contributed by atoms with E-state index in [0.717, 1.165) is 37.0 Å². The van der Waals surface area contributed by atoms with Gasteiger partial charge in [-0.15, -0.1) is 0 Å². The summed E-state index contributed by atoms with van der Waals surface area (Å²) in [6.45, 7) is 1.25. The molecule has 35 heavy (non-hydrogen) atoms. The summed E-state index contributed by atoms with van der Waals surface area (Å²) in [5.74, 6) is -1.28. The van der Waals surface area contributed by atoms with Crippen LogP contribution in [0.4, 0.5) is 19.3 Å². The highest BCUT2D eigenvalue weighted by Gasteiger charge is 2.30. The Balaban J connectivity index is 1.40. The fourth-order valence-corrected chi connectivity index (χ4v) is 4.48. The number of piperidine rings is 1. The standard InChI is InChI=1S/C28H29F2N3O2/c29-23-11-12-25(24(30)19-23)31-28(35)32-26(18-21-9-5-2-6-10-21)27(34)33-15-13-22(14-16-33)17-20-7-3-1-4-8-20/h1-12,19,22,26H,13-18H2,(H2,31,32,35). The molecule has 0 bridgehead atoms. The van der Waals surface area contributed by atoms with Crippen LogP contribution in [0.2, 0.25) is 0 Å². The van der Waals surface area contributed by atoms with E-state index in [-0.39, 0.29) is 11.6 Å². The number of carbonyl (C=O) groups excluding carboxylic acids is 2. The number of amides is 3. The average Bonchev–Trinajstić information content (AvgIpc) is 2.87. The molecule has 0 aromatic heterocycles. The van der Waals surface area contributed by atoms with Crippen LogP contribution in [-0.4, -0.2) is 36.0 Å². The van der Waals surface area contributed by atoms with Crippen LogP contribution in [0.15, 0.2) is 78.9 Å². The number of halogens is 2. The van der Waals surface area contributed by atoms with Gasteiger partial charge in [-0.1, -0.05) is 60.7 Å². The maximum absolute atomic E-state index is 14.0. The second-order valence-corrected chi connectivity index (χ2v) is 8.92. The smallest absolute Gasteiger partial charge is 0.319 e. The molecule has 4 rings (SSSR count). The number of hydrogen-bond acceptors (Lipinski definition) is 2. The summed E-state index contributed by atoms with van der Waals surface area (Å²) in [4.78, 5) is 27.9. The number of likely N-dealkylation sites (tertiary alicyclic amines) is 1. The van der Waals surface area contributed by atoms with Gasteiger partial charge in [-0.05, 0) is 48.4 Å². The highest BCUT2D eigenvalue weighted by molar-refractivity contribution is 5.94. The van der Waals surface area contributed by atoms with Crippen molar-refractivity contribution < 1.29 is 18.4 Å². The Hall–Kier alpha value is -3.74. The van der Waals surface area contributed by atoms with Crippen molar-refractivity contribution in [1.29, 1.82) is 0 Å². The minimum absolute atomic E-state index is 0.156. The first-order chi connectivity index (χ1) is 17.0. The Labute approximate surface area is 204 Å². The van der Waals surface area contributed by atoms with E-state index >= 15 is 0 Å². The Morgan fingerprint density at radius 1 is 0.886 bits per heavy atom. The predicted octanol–water partition coefficient (Wildman–Crippen LogP) is 5.18. The third-order valence-corrected chi connectivity index (χ3v) is 6.36. The molecule has 0 radical (unpaired) electrons. The fourth-order valence-electron chi connectivity index (χ4n) is 4.48. The number of urea groups is 1. The molecule has 0 spiro atoms. The van der Waals surface area contributed by atoms with Gasteiger partial charge in [-0.3, -0.25) is 4.79 Å². The summed E-state index contributed by atoms with van der Waals surface area (Å²) in [5, 5.41) is 5.09. The van der Waals surface area contributed by atoms with Crippen LogP contribution in [0.1, 0.15) is 24.0 Å². The lowest BCUT2D eigenvalue weighted by Gasteiger charge is -2.34. The van der Waals surface area contributed by atoms with Crippen LogP contribution in [0, 0.1) is 17.6 Å². The van der Waals surface area contributed by atoms with Gasteiger partial charge in [-0.2, -0.15) is 0 Å². The molecule has 182 valence electrons. The monoisotopic (exact) mass is 477 g/mol. The summed E-state index contributed by atoms with van der Waals surface area (Å²) >= 11 is 0. The number of carbonyl (C=O) groups is 2. The van der Waals surface area contributed by atoms with Crippen LogP contribution in [0.25, 0.3) is 0 Å². The van der Waals surface area contributed by atoms with Gasteiger partial charge in [0.1, 0.15) is 17.7 Å². The summed E-state index contributed by atoms with van der Waals surface area (Å²) in [6, 6.07) is 21.1. The summed E-state index contributed by atoms with van der Waals surface area (Å²) < 4.78 is 27.2. The number of hydrogen-bond donors (Lipinski definition) is 2. The molecule has 1 heterocycles. The van der Waals surface area contributed by atoms with Gasteiger partial charge in [-0.25, -0.2) is 13.6 Å². The third kappa shape index (κ3) is 6.88. The van der Waals surface area contributed by atoms with E-state index in [1.165, 1.54) is 5.56 Å². The molecule has 3 aromatic rings. The quantitative estimate of drug-likeness (QED) is 0.493. The fraction of sp³-hybridized carbons (Fsp3) is 0.286. The van der Waals surface area contributed by atoms with Gasteiger partial charge in [0.15, 0.2) is 0 Å². The molecule has 1 unspecified atom stereocenters. The zero-order valence-corrected chi connectivity index (χ0v) is 19.4. The molecular formula is C28H29F2N3O2. The maximum Gasteiger partial charge on any atom is 0.319 e. The molecule has 1 aliphatic heterocycles. The number of anilines is 1. The van der Waals surface area contributed by atoms with Gasteiger partial charge >= 0.3 is 6.03 Å². The second kappa shape index (κ2) is 11.6. The van der Waals surface area contributed by atoms with Crippen molar-refractivity contribution in [1.82, 2.24) is 10.2 Å². The normalized spacial score (nSPS) is 14.9. The van der Waals surface area contributed by atoms with Crippen molar-refractivity contribution in [3.63, 3.8) is 0 Å². The molecule has 3 aromatic carbocycles. The van der Waals surface area contributed by atoms with Gasteiger partial charge in [0.2, 0.25) is 5.91 Å². The van der Waals surface area contributed by atoms with E-state index < -0.39 is 23.7 Å². The highest BCUT2D eigenvalue weighted by atomic mass is 19.1. The van der Waals surface area contributed by atoms with Crippen LogP contribution in [-0.2, 0) is 17.6 Å². The van der Waals surface area contributed by atoms with Crippen molar-refractivity contribution in [3.8, 4) is 0 Å². The van der Waals surface area contributed by atoms with Crippen LogP contribution < -0.4 is 10.6 Å². The van der Waals surface area contributed by atoms with Gasteiger partial charge in [0.25, 0.3) is 0 Å². The first-order valence-electron chi connectivity index (χ1n) is 11.9. The van der Waals surface area contributed by atoms with E-state index in [2.05, 4.69) is 22.8 Å². The SMILES string of the molecule is O=C(Nc1ccc(F)cc1F)NC(Cc1ccccc1)C(=O)N1CCC(Cc2ccccc2)CC1. The van der Waals surface area contributed by atoms with Crippen LogP contribution in [0.3, 0.4) is 0 Å². The van der Waals surface area contributed by atoms with E-state index in [1.807, 2.05) is 48.5 Å². The Bertz CT molecular complexity index is 1130. The molecule has 0 saturated carbocycles. The number of rotatable bonds is 7. The van der Waals surface area contributed by atoms with Crippen LogP contribution in [0.5, 0.6) is 0 Å². The Kier molecular flexibility index (Phi) is 8.08. The average molecular weight is 478 g/mol. The summed E-state index contributed by atoms with van der Waals surface area (Å²) in [6.07, 6.45) is 3.08. The highest BCUT2D eigenvalue weighted by Crippen LogP contribution is 2.23. The molecular weight excluding hydrogens is 448 g/mol. The lowest BCUT2D eigenvalue weighted by atomic mass is 9.90. The minimum atomic E-state index is -0.883. The minimum Gasteiger partial charge on any atom is -0.341 e. The molecule has 7 heteroatoms. The lowest BCUT2D eigenvalue weighted by molar-refractivity contribution is -0.134. The topological polar surface area (TPSA) is 61.4 Å². The number of benzene rings is 3. The Morgan fingerprint density at radius 3 is 2.14 bits per heavy atom. The summed E-state index contributed by atoms with van der Waals surface area (Å²) in [5.41, 5.74) is 2.04. The Morgan fingerprint density at radius 2 is 1.51 bits per heavy atom. The second-order valence-electron chi connectivity index (χ2n) is 8.92. The zero-order chi connectivity index (χ0) is 24.6. The maximum atomic E-state index is 14.0. The third-order valence-electron chi connectivity index (χ3n) is 6.36. The predicted molar refractivity (Wildman–Crippen MR) is 132 cm³/mol. The van der Waals surface area contributed by atoms with Gasteiger partial charge in [0.05, 0.1) is 5.69 Å². The van der Waals surface area contributed by atoms with Crippen molar-refractivity contribution in [3.05, 3.63) is 102 Å². The molecule has 1 fully saturated rings. The first-order valence-corrected chi connectivity index (χ1v) is 11.9. The molecule has 2 N–H and O–H groups in total. The van der Waals surface area contributed by atoms with E-state index in [1.54, 1.807) is 4.90 Å². The van der Waals surface area contributed by atoms with E-state index in [9.17, 15) is 18.4 Å². The van der Waals surface area contributed by atoms with Crippen molar-refractivity contribution in [2.75, 3.05) is 18.4 Å². The molecule has 3 amide bonds. The van der Waals surface area contributed by atoms with Crippen molar-refractivity contribution >= 4 is 17.6 Å². The lowest BCUT2D eigenvalue weighted by Crippen LogP contribution is -2.52. The van der Waals surface area contributed by atoms with Gasteiger partial charge < -0.3 is 15.5 Å². The number of nitrogens with zero attached hydrogens (tertiary/aromatic N) is 1. The molecule has 5 nitrogen and oxygen atoms in total. The molecule has 1 aliphatic rings. The zero-order valence-electron chi connectivity index (χ0n) is 19.4. The first kappa shape index (κ1) is 24.4. The molecule has 1 atom stereocenters. The van der Waals surface area contributed by atoms with E-state index in [4.69, 9.17) is 0 Å².